The summed E-state index contributed by atoms with van der Waals surface area (Å²) >= 11 is 4.16. The van der Waals surface area contributed by atoms with Crippen LogP contribution in [0.1, 0.15) is 38.5 Å². The van der Waals surface area contributed by atoms with Gasteiger partial charge in [0.15, 0.2) is 0 Å². The molecule has 0 heterocycles. The number of alkyl halides is 3. The molecule has 0 aromatic rings. The van der Waals surface area contributed by atoms with Gasteiger partial charge in [0.25, 0.3) is 0 Å². The van der Waals surface area contributed by atoms with Gasteiger partial charge in [0.2, 0.25) is 0 Å². The average molecular weight is 273 g/mol. The van der Waals surface area contributed by atoms with E-state index in [1.54, 1.807) is 10.8 Å². The van der Waals surface area contributed by atoms with Crippen molar-refractivity contribution in [2.24, 2.45) is 11.7 Å². The summed E-state index contributed by atoms with van der Waals surface area (Å²) in [5.74, 6) is 0.421. The topological polar surface area (TPSA) is 26.0 Å². The van der Waals surface area contributed by atoms with E-state index >= 15 is 0 Å². The van der Waals surface area contributed by atoms with Crippen LogP contribution in [0.5, 0.6) is 0 Å². The van der Waals surface area contributed by atoms with Gasteiger partial charge in [-0.15, -0.1) is 11.7 Å². The Kier molecular flexibility index (Phi) is 5.81. The number of hydrogen-bond acceptors (Lipinski definition) is 3. The molecule has 1 atom stereocenters. The van der Waals surface area contributed by atoms with Crippen molar-refractivity contribution in [1.29, 1.82) is 0 Å². The zero-order chi connectivity index (χ0) is 12.2. The van der Waals surface area contributed by atoms with E-state index in [-0.39, 0.29) is 6.42 Å². The summed E-state index contributed by atoms with van der Waals surface area (Å²) in [7, 11) is 1.57. The monoisotopic (exact) mass is 273 g/mol. The Bertz CT molecular complexity index is 203. The van der Waals surface area contributed by atoms with E-state index in [9.17, 15) is 13.2 Å². The lowest BCUT2D eigenvalue weighted by Gasteiger charge is -2.27. The molecule has 1 saturated carbocycles. The van der Waals surface area contributed by atoms with Crippen molar-refractivity contribution in [3.05, 3.63) is 0 Å². The molecule has 0 aromatic carbocycles. The van der Waals surface area contributed by atoms with Crippen LogP contribution < -0.4 is 5.73 Å². The molecule has 0 aliphatic heterocycles. The Morgan fingerprint density at radius 3 is 2.25 bits per heavy atom. The molecule has 1 fully saturated rings. The number of rotatable bonds is 4. The molecular formula is C10H18F3NS2. The molecule has 0 spiro atoms. The van der Waals surface area contributed by atoms with Gasteiger partial charge in [-0.2, -0.15) is 13.2 Å². The third-order valence-corrected chi connectivity index (χ3v) is 4.91. The fourth-order valence-electron chi connectivity index (χ4n) is 2.10. The predicted octanol–water partition coefficient (Wildman–Crippen LogP) is 3.79. The molecule has 0 saturated heterocycles. The number of thiol groups is 1. The molecule has 0 amide bonds. The molecule has 0 aromatic heterocycles. The van der Waals surface area contributed by atoms with Crippen LogP contribution in [0.4, 0.5) is 13.2 Å². The molecule has 1 aliphatic carbocycles. The molecule has 1 aliphatic rings. The van der Waals surface area contributed by atoms with Gasteiger partial charge >= 0.3 is 6.18 Å². The molecular weight excluding hydrogens is 255 g/mol. The Labute approximate surface area is 104 Å². The van der Waals surface area contributed by atoms with Crippen LogP contribution in [0, 0.1) is 5.92 Å². The second-order valence-electron chi connectivity index (χ2n) is 4.47. The van der Waals surface area contributed by atoms with Crippen LogP contribution in [-0.2, 0) is 0 Å². The molecule has 96 valence electrons. The fourth-order valence-corrected chi connectivity index (χ4v) is 3.22. The van der Waals surface area contributed by atoms with E-state index in [4.69, 9.17) is 5.73 Å². The molecule has 0 bridgehead atoms. The maximum Gasteiger partial charge on any atom is 0.403 e. The van der Waals surface area contributed by atoms with Gasteiger partial charge in [0.05, 0.1) is 0 Å². The van der Waals surface area contributed by atoms with Gasteiger partial charge in [-0.3, -0.25) is 0 Å². The lowest BCUT2D eigenvalue weighted by atomic mass is 9.85. The van der Waals surface area contributed by atoms with Crippen molar-refractivity contribution < 1.29 is 13.2 Å². The lowest BCUT2D eigenvalue weighted by molar-refractivity contribution is -0.149. The van der Waals surface area contributed by atoms with Crippen LogP contribution in [0.25, 0.3) is 0 Å². The third-order valence-electron chi connectivity index (χ3n) is 3.25. The minimum atomic E-state index is -4.24. The van der Waals surface area contributed by atoms with Crippen LogP contribution in [0.2, 0.25) is 0 Å². The quantitative estimate of drug-likeness (QED) is 0.602. The number of halogens is 3. The summed E-state index contributed by atoms with van der Waals surface area (Å²) < 4.78 is 36.5. The van der Waals surface area contributed by atoms with Crippen LogP contribution >= 0.6 is 22.5 Å². The normalized spacial score (nSPS) is 29.1. The highest BCUT2D eigenvalue weighted by Crippen LogP contribution is 2.36. The zero-order valence-corrected chi connectivity index (χ0v) is 10.8. The lowest BCUT2D eigenvalue weighted by Crippen LogP contribution is -2.37. The summed E-state index contributed by atoms with van der Waals surface area (Å²) in [5, 5.41) is 0.580. The number of hydrogen-bond donors (Lipinski definition) is 2. The minimum Gasteiger partial charge on any atom is -0.320 e. The fraction of sp³-hybridized carbons (Fsp3) is 1.00. The van der Waals surface area contributed by atoms with Crippen molar-refractivity contribution in [3.8, 4) is 0 Å². The Morgan fingerprint density at radius 1 is 1.25 bits per heavy atom. The molecule has 1 unspecified atom stereocenters. The summed E-state index contributed by atoms with van der Waals surface area (Å²) in [5.41, 5.74) is 5.08. The first-order chi connectivity index (χ1) is 7.43. The summed E-state index contributed by atoms with van der Waals surface area (Å²) in [6.45, 7) is 0. The van der Waals surface area contributed by atoms with Crippen LogP contribution in [0.15, 0.2) is 0 Å². The van der Waals surface area contributed by atoms with E-state index in [2.05, 4.69) is 11.7 Å². The van der Waals surface area contributed by atoms with Gasteiger partial charge in [0, 0.05) is 5.25 Å². The second kappa shape index (κ2) is 6.40. The second-order valence-corrected chi connectivity index (χ2v) is 5.98. The van der Waals surface area contributed by atoms with Gasteiger partial charge in [-0.1, -0.05) is 10.8 Å². The Morgan fingerprint density at radius 2 is 1.81 bits per heavy atom. The average Bonchev–Trinajstić information content (AvgIpc) is 2.25. The van der Waals surface area contributed by atoms with Crippen molar-refractivity contribution in [2.45, 2.75) is 56.0 Å². The largest absolute Gasteiger partial charge is 0.403 e. The van der Waals surface area contributed by atoms with Crippen molar-refractivity contribution in [1.82, 2.24) is 0 Å². The maximum absolute atomic E-state index is 12.2. The van der Waals surface area contributed by atoms with Crippen molar-refractivity contribution >= 4 is 22.5 Å². The van der Waals surface area contributed by atoms with Crippen LogP contribution in [0.3, 0.4) is 0 Å². The summed E-state index contributed by atoms with van der Waals surface area (Å²) in [4.78, 5) is 0. The SMILES string of the molecule is NC(CCC1CCC(SS)CC1)C(F)(F)F. The van der Waals surface area contributed by atoms with Crippen molar-refractivity contribution in [3.63, 3.8) is 0 Å². The van der Waals surface area contributed by atoms with E-state index in [0.29, 0.717) is 17.6 Å². The summed E-state index contributed by atoms with van der Waals surface area (Å²) in [6, 6.07) is -1.65. The van der Waals surface area contributed by atoms with Gasteiger partial charge in [-0.05, 0) is 44.4 Å². The van der Waals surface area contributed by atoms with Gasteiger partial charge < -0.3 is 5.73 Å². The third kappa shape index (κ3) is 4.75. The molecule has 0 radical (unpaired) electrons. The predicted molar refractivity (Wildman–Crippen MR) is 65.6 cm³/mol. The highest BCUT2D eigenvalue weighted by atomic mass is 33.1. The molecule has 1 nitrogen and oxygen atoms in total. The van der Waals surface area contributed by atoms with Gasteiger partial charge in [0.1, 0.15) is 6.04 Å². The Hall–Kier alpha value is 0.450. The highest BCUT2D eigenvalue weighted by molar-refractivity contribution is 8.68. The minimum absolute atomic E-state index is 0.0624. The smallest absolute Gasteiger partial charge is 0.320 e. The molecule has 2 N–H and O–H groups in total. The van der Waals surface area contributed by atoms with Crippen molar-refractivity contribution in [2.75, 3.05) is 0 Å². The highest BCUT2D eigenvalue weighted by Gasteiger charge is 2.36. The van der Waals surface area contributed by atoms with E-state index in [0.717, 1.165) is 25.7 Å². The zero-order valence-electron chi connectivity index (χ0n) is 9.04. The van der Waals surface area contributed by atoms with E-state index in [1.807, 2.05) is 0 Å². The Balaban J connectivity index is 2.20. The number of nitrogens with two attached hydrogens (primary N) is 1. The molecule has 6 heteroatoms. The standard InChI is InChI=1S/C10H18F3NS2/c11-10(12,13)9(14)6-3-7-1-4-8(16-15)5-2-7/h7-9,15H,1-6,14H2. The molecule has 1 rings (SSSR count). The van der Waals surface area contributed by atoms with Gasteiger partial charge in [-0.25, -0.2) is 0 Å². The first-order valence-corrected chi connectivity index (χ1v) is 7.49. The maximum atomic E-state index is 12.2. The first-order valence-electron chi connectivity index (χ1n) is 5.56. The summed E-state index contributed by atoms with van der Waals surface area (Å²) in [6.07, 6.45) is 0.599. The first kappa shape index (κ1) is 14.5. The van der Waals surface area contributed by atoms with Crippen LogP contribution in [-0.4, -0.2) is 17.5 Å². The molecule has 16 heavy (non-hydrogen) atoms. The van der Waals surface area contributed by atoms with E-state index in [1.165, 1.54) is 0 Å². The van der Waals surface area contributed by atoms with E-state index < -0.39 is 12.2 Å².